The number of methoxy groups -OCH3 is 1. The molecule has 0 saturated carbocycles. The van der Waals surface area contributed by atoms with Gasteiger partial charge in [0.2, 0.25) is 11.6 Å². The Morgan fingerprint density at radius 2 is 1.12 bits per heavy atom. The lowest BCUT2D eigenvalue weighted by molar-refractivity contribution is 0.0624. The smallest absolute Gasteiger partial charge is 0.265 e. The van der Waals surface area contributed by atoms with Gasteiger partial charge in [0.25, 0.3) is 11.8 Å². The topological polar surface area (TPSA) is 80.8 Å². The van der Waals surface area contributed by atoms with Gasteiger partial charge in [0, 0.05) is 32.3 Å². The molecular formula is C25H15Cl2NO5. The molecule has 0 heterocycles. The normalized spacial score (nSPS) is 12.9. The van der Waals surface area contributed by atoms with E-state index in [4.69, 9.17) is 27.9 Å². The van der Waals surface area contributed by atoms with Crippen molar-refractivity contribution in [3.8, 4) is 0 Å². The summed E-state index contributed by atoms with van der Waals surface area (Å²) in [5.41, 5.74) is -0.0919. The van der Waals surface area contributed by atoms with Crippen LogP contribution in [0.2, 0.25) is 10.0 Å². The number of benzene rings is 3. The summed E-state index contributed by atoms with van der Waals surface area (Å²) in [4.78, 5) is 54.3. The number of ether oxygens (including phenoxy) is 1. The van der Waals surface area contributed by atoms with Gasteiger partial charge in [-0.05, 0) is 48.5 Å². The lowest BCUT2D eigenvalue weighted by Crippen LogP contribution is -2.42. The van der Waals surface area contributed by atoms with Gasteiger partial charge < -0.3 is 4.74 Å². The van der Waals surface area contributed by atoms with Crippen molar-refractivity contribution < 1.29 is 23.9 Å². The van der Waals surface area contributed by atoms with Crippen LogP contribution in [-0.4, -0.2) is 35.4 Å². The number of hydrogen-bond donors (Lipinski definition) is 0. The zero-order valence-corrected chi connectivity index (χ0v) is 18.7. The van der Waals surface area contributed by atoms with Crippen LogP contribution >= 0.6 is 23.2 Å². The van der Waals surface area contributed by atoms with Gasteiger partial charge in [-0.15, -0.1) is 0 Å². The number of imide groups is 1. The third kappa shape index (κ3) is 4.06. The Bertz CT molecular complexity index is 1270. The first-order valence-electron chi connectivity index (χ1n) is 9.70. The van der Waals surface area contributed by atoms with Gasteiger partial charge >= 0.3 is 0 Å². The summed E-state index contributed by atoms with van der Waals surface area (Å²) in [7, 11) is 1.20. The molecule has 0 saturated heterocycles. The fourth-order valence-electron chi connectivity index (χ4n) is 3.47. The van der Waals surface area contributed by atoms with Crippen LogP contribution in [0.1, 0.15) is 41.4 Å². The lowest BCUT2D eigenvalue weighted by Gasteiger charge is -2.28. The highest BCUT2D eigenvalue weighted by atomic mass is 35.5. The maximum Gasteiger partial charge on any atom is 0.265 e. The van der Waals surface area contributed by atoms with Gasteiger partial charge in [0.1, 0.15) is 5.70 Å². The van der Waals surface area contributed by atoms with Crippen LogP contribution in [0.25, 0.3) is 0 Å². The van der Waals surface area contributed by atoms with Crippen LogP contribution in [0.5, 0.6) is 0 Å². The first-order chi connectivity index (χ1) is 15.8. The summed E-state index contributed by atoms with van der Waals surface area (Å²) in [6.07, 6.45) is 0. The number of amides is 2. The van der Waals surface area contributed by atoms with Crippen molar-refractivity contribution in [1.82, 2.24) is 4.90 Å². The second-order valence-corrected chi connectivity index (χ2v) is 7.92. The average molecular weight is 480 g/mol. The van der Waals surface area contributed by atoms with E-state index in [1.165, 1.54) is 67.8 Å². The van der Waals surface area contributed by atoms with Gasteiger partial charge in [0.15, 0.2) is 5.76 Å². The van der Waals surface area contributed by atoms with E-state index in [9.17, 15) is 19.2 Å². The Balaban J connectivity index is 1.93. The molecular weight excluding hydrogens is 465 g/mol. The van der Waals surface area contributed by atoms with Gasteiger partial charge in [0.05, 0.1) is 7.11 Å². The Morgan fingerprint density at radius 1 is 0.697 bits per heavy atom. The third-order valence-electron chi connectivity index (χ3n) is 5.07. The molecule has 3 aromatic rings. The first-order valence-corrected chi connectivity index (χ1v) is 10.5. The van der Waals surface area contributed by atoms with Crippen molar-refractivity contribution in [1.29, 1.82) is 0 Å². The highest BCUT2D eigenvalue weighted by molar-refractivity contribution is 6.32. The number of fused-ring (bicyclic) bond motifs is 1. The van der Waals surface area contributed by atoms with E-state index in [0.29, 0.717) is 14.9 Å². The molecule has 33 heavy (non-hydrogen) atoms. The molecule has 0 aromatic heterocycles. The molecule has 3 aromatic carbocycles. The van der Waals surface area contributed by atoms with Crippen molar-refractivity contribution in [3.05, 3.63) is 117 Å². The minimum atomic E-state index is -0.823. The maximum absolute atomic E-state index is 13.5. The molecule has 0 atom stereocenters. The predicted molar refractivity (Wildman–Crippen MR) is 123 cm³/mol. The van der Waals surface area contributed by atoms with E-state index in [2.05, 4.69) is 0 Å². The molecule has 2 amide bonds. The summed E-state index contributed by atoms with van der Waals surface area (Å²) < 4.78 is 5.26. The molecule has 0 bridgehead atoms. The average Bonchev–Trinajstić information content (AvgIpc) is 2.83. The number of carbonyl (C=O) groups is 4. The number of Topliss-reactive ketones (excluding diaryl/α,β-unsaturated/α-hetero) is 2. The van der Waals surface area contributed by atoms with E-state index in [1.807, 2.05) is 0 Å². The number of halogens is 2. The van der Waals surface area contributed by atoms with E-state index >= 15 is 0 Å². The number of nitrogens with zero attached hydrogens (tertiary/aromatic N) is 1. The van der Waals surface area contributed by atoms with E-state index in [-0.39, 0.29) is 22.3 Å². The van der Waals surface area contributed by atoms with E-state index in [0.717, 1.165) is 0 Å². The van der Waals surface area contributed by atoms with Crippen molar-refractivity contribution in [2.45, 2.75) is 0 Å². The monoisotopic (exact) mass is 479 g/mol. The summed E-state index contributed by atoms with van der Waals surface area (Å²) in [6, 6.07) is 17.7. The van der Waals surface area contributed by atoms with Crippen molar-refractivity contribution in [2.24, 2.45) is 0 Å². The van der Waals surface area contributed by atoms with Crippen LogP contribution in [0.15, 0.2) is 84.3 Å². The quantitative estimate of drug-likeness (QED) is 0.479. The molecule has 1 aliphatic carbocycles. The Morgan fingerprint density at radius 3 is 1.55 bits per heavy atom. The first kappa shape index (κ1) is 22.5. The highest BCUT2D eigenvalue weighted by Crippen LogP contribution is 2.31. The third-order valence-corrected chi connectivity index (χ3v) is 5.57. The summed E-state index contributed by atoms with van der Waals surface area (Å²) in [5, 5.41) is 0.772. The van der Waals surface area contributed by atoms with Crippen LogP contribution in [0.3, 0.4) is 0 Å². The molecule has 1 aliphatic rings. The molecule has 0 radical (unpaired) electrons. The van der Waals surface area contributed by atoms with Crippen LogP contribution in [0.4, 0.5) is 0 Å². The second-order valence-electron chi connectivity index (χ2n) is 7.05. The van der Waals surface area contributed by atoms with Crippen LogP contribution in [-0.2, 0) is 4.74 Å². The van der Waals surface area contributed by atoms with Gasteiger partial charge in [-0.2, -0.15) is 0 Å². The zero-order chi connectivity index (χ0) is 23.7. The second kappa shape index (κ2) is 9.02. The highest BCUT2D eigenvalue weighted by Gasteiger charge is 2.41. The maximum atomic E-state index is 13.5. The molecule has 6 nitrogen and oxygen atoms in total. The largest absolute Gasteiger partial charge is 0.491 e. The molecule has 164 valence electrons. The number of rotatable bonds is 4. The van der Waals surface area contributed by atoms with Crippen LogP contribution < -0.4 is 0 Å². The number of ketones is 2. The molecule has 0 unspecified atom stereocenters. The summed E-state index contributed by atoms with van der Waals surface area (Å²) in [6.45, 7) is 0. The van der Waals surface area contributed by atoms with Crippen LogP contribution in [0, 0.1) is 0 Å². The van der Waals surface area contributed by atoms with Gasteiger partial charge in [-0.25, -0.2) is 4.90 Å². The molecule has 0 fully saturated rings. The summed E-state index contributed by atoms with van der Waals surface area (Å²) >= 11 is 11.9. The minimum Gasteiger partial charge on any atom is -0.491 e. The van der Waals surface area contributed by atoms with Crippen molar-refractivity contribution >= 4 is 46.6 Å². The molecule has 8 heteroatoms. The van der Waals surface area contributed by atoms with Crippen molar-refractivity contribution in [3.63, 3.8) is 0 Å². The van der Waals surface area contributed by atoms with Crippen molar-refractivity contribution in [2.75, 3.05) is 7.11 Å². The Labute approximate surface area is 199 Å². The van der Waals surface area contributed by atoms with E-state index < -0.39 is 34.8 Å². The summed E-state index contributed by atoms with van der Waals surface area (Å²) in [5.74, 6) is -3.34. The number of carbonyl (C=O) groups excluding carboxylic acids is 4. The van der Waals surface area contributed by atoms with Gasteiger partial charge in [-0.1, -0.05) is 47.5 Å². The minimum absolute atomic E-state index is 0.0658. The SMILES string of the molecule is COC1=C(N(C(=O)c2ccc(Cl)cc2)C(=O)c2ccc(Cl)cc2)C(=O)c2ccccc2C1=O. The molecule has 0 aliphatic heterocycles. The standard InChI is InChI=1S/C25H15Cl2NO5/c1-33-23-20(21(29)18-4-2-3-5-19(18)22(23)30)28(24(31)14-6-10-16(26)11-7-14)25(32)15-8-12-17(27)13-9-15/h2-13H,1H3. The Kier molecular flexibility index (Phi) is 6.14. The predicted octanol–water partition coefficient (Wildman–Crippen LogP) is 5.21. The molecule has 0 spiro atoms. The zero-order valence-electron chi connectivity index (χ0n) is 17.2. The molecule has 0 N–H and O–H groups in total. The fraction of sp³-hybridized carbons (Fsp3) is 0.0400. The number of hydrogen-bond acceptors (Lipinski definition) is 5. The number of allylic oxidation sites excluding steroid dienone is 2. The van der Waals surface area contributed by atoms with E-state index in [1.54, 1.807) is 12.1 Å². The lowest BCUT2D eigenvalue weighted by atomic mass is 9.90. The van der Waals surface area contributed by atoms with Gasteiger partial charge in [-0.3, -0.25) is 19.2 Å². The fourth-order valence-corrected chi connectivity index (χ4v) is 3.72. The Hall–Kier alpha value is -3.74. The molecule has 4 rings (SSSR count).